The number of aryl methyl sites for hydroxylation is 2. The van der Waals surface area contributed by atoms with Gasteiger partial charge in [-0.2, -0.15) is 0 Å². The number of methoxy groups -OCH3 is 1. The minimum atomic E-state index is -0.679. The smallest absolute Gasteiger partial charge is 0.303 e. The predicted molar refractivity (Wildman–Crippen MR) is 141 cm³/mol. The van der Waals surface area contributed by atoms with Crippen LogP contribution in [0.15, 0.2) is 42.0 Å². The van der Waals surface area contributed by atoms with Crippen molar-refractivity contribution in [1.82, 2.24) is 14.9 Å². The molecule has 3 aromatic rings. The highest BCUT2D eigenvalue weighted by Gasteiger charge is 2.29. The van der Waals surface area contributed by atoms with Crippen molar-refractivity contribution in [2.45, 2.75) is 57.8 Å². The van der Waals surface area contributed by atoms with Gasteiger partial charge in [0, 0.05) is 36.1 Å². The van der Waals surface area contributed by atoms with Crippen molar-refractivity contribution in [2.75, 3.05) is 26.7 Å². The Hall–Kier alpha value is -2.51. The van der Waals surface area contributed by atoms with Gasteiger partial charge in [0.05, 0.1) is 17.6 Å². The molecule has 6 nitrogen and oxygen atoms in total. The lowest BCUT2D eigenvalue weighted by Gasteiger charge is -2.39. The second-order valence-electron chi connectivity index (χ2n) is 9.67. The van der Waals surface area contributed by atoms with Crippen LogP contribution < -0.4 is 4.74 Å². The van der Waals surface area contributed by atoms with E-state index in [4.69, 9.17) is 4.74 Å². The molecular weight excluding hydrogens is 458 g/mol. The predicted octanol–water partition coefficient (Wildman–Crippen LogP) is 5.85. The third-order valence-electron chi connectivity index (χ3n) is 7.36. The number of ether oxygens (including phenoxy) is 1. The number of hydrogen-bond acceptors (Lipinski definition) is 6. The van der Waals surface area contributed by atoms with Crippen molar-refractivity contribution in [3.63, 3.8) is 0 Å². The van der Waals surface area contributed by atoms with Crippen LogP contribution in [-0.2, 0) is 17.6 Å². The first kappa shape index (κ1) is 25.6. The standard InChI is InChI=1S/C28H37N3O3S/c1-34-24-9-10-26-25(19-24)22(12-14-29-26)6-4-5-21-13-17-31(20-23(21)8-11-28(32)33)16-3-2-7-27-30-15-18-35-27/h9-10,12,14-15,18-19,21,23H,2-8,11,13,16-17,20H2,1H3,(H,32,33). The molecule has 1 N–H and O–H groups in total. The van der Waals surface area contributed by atoms with Crippen LogP contribution in [-0.4, -0.2) is 52.7 Å². The van der Waals surface area contributed by atoms with Crippen LogP contribution in [0.4, 0.5) is 0 Å². The van der Waals surface area contributed by atoms with Gasteiger partial charge in [0.25, 0.3) is 0 Å². The Kier molecular flexibility index (Phi) is 9.49. The molecule has 1 aliphatic heterocycles. The summed E-state index contributed by atoms with van der Waals surface area (Å²) in [6.45, 7) is 3.26. The minimum Gasteiger partial charge on any atom is -0.497 e. The molecule has 1 aromatic carbocycles. The summed E-state index contributed by atoms with van der Waals surface area (Å²) in [4.78, 5) is 22.7. The number of carboxylic acid groups (broad SMARTS) is 1. The quantitative estimate of drug-likeness (QED) is 0.300. The van der Waals surface area contributed by atoms with Gasteiger partial charge in [-0.15, -0.1) is 11.3 Å². The fraction of sp³-hybridized carbons (Fsp3) is 0.536. The number of fused-ring (bicyclic) bond motifs is 1. The van der Waals surface area contributed by atoms with Gasteiger partial charge >= 0.3 is 5.97 Å². The van der Waals surface area contributed by atoms with E-state index in [0.29, 0.717) is 11.8 Å². The highest BCUT2D eigenvalue weighted by molar-refractivity contribution is 7.09. The Morgan fingerprint density at radius 2 is 2.03 bits per heavy atom. The van der Waals surface area contributed by atoms with E-state index in [1.165, 1.54) is 28.8 Å². The maximum Gasteiger partial charge on any atom is 0.303 e. The zero-order chi connectivity index (χ0) is 24.5. The van der Waals surface area contributed by atoms with Crippen LogP contribution in [0.5, 0.6) is 5.75 Å². The second kappa shape index (κ2) is 13.0. The van der Waals surface area contributed by atoms with E-state index in [1.807, 2.05) is 29.9 Å². The number of piperidine rings is 1. The van der Waals surface area contributed by atoms with Crippen molar-refractivity contribution in [3.8, 4) is 5.75 Å². The minimum absolute atomic E-state index is 0.272. The van der Waals surface area contributed by atoms with E-state index in [9.17, 15) is 9.90 Å². The van der Waals surface area contributed by atoms with Crippen LogP contribution in [0.1, 0.15) is 55.5 Å². The normalized spacial score (nSPS) is 18.7. The molecule has 7 heteroatoms. The number of rotatable bonds is 13. The summed E-state index contributed by atoms with van der Waals surface area (Å²) in [6.07, 6.45) is 12.7. The van der Waals surface area contributed by atoms with E-state index in [0.717, 1.165) is 69.4 Å². The number of likely N-dealkylation sites (tertiary alicyclic amines) is 1. The molecule has 0 saturated carbocycles. The molecule has 35 heavy (non-hydrogen) atoms. The highest BCUT2D eigenvalue weighted by atomic mass is 32.1. The molecule has 1 saturated heterocycles. The topological polar surface area (TPSA) is 75.5 Å². The number of unbranched alkanes of at least 4 members (excludes halogenated alkanes) is 1. The average molecular weight is 496 g/mol. The zero-order valence-corrected chi connectivity index (χ0v) is 21.5. The summed E-state index contributed by atoms with van der Waals surface area (Å²) < 4.78 is 5.42. The molecule has 0 spiro atoms. The Labute approximate surface area is 212 Å². The third kappa shape index (κ3) is 7.48. The van der Waals surface area contributed by atoms with Gasteiger partial charge in [0.1, 0.15) is 5.75 Å². The SMILES string of the molecule is COc1ccc2nccc(CCCC3CCN(CCCCc4nccs4)CC3CCC(=O)O)c2c1. The summed E-state index contributed by atoms with van der Waals surface area (Å²) in [7, 11) is 1.70. The number of aliphatic carboxylic acids is 1. The van der Waals surface area contributed by atoms with E-state index >= 15 is 0 Å². The Morgan fingerprint density at radius 3 is 2.83 bits per heavy atom. The number of benzene rings is 1. The van der Waals surface area contributed by atoms with E-state index in [2.05, 4.69) is 27.0 Å². The maximum atomic E-state index is 11.3. The summed E-state index contributed by atoms with van der Waals surface area (Å²) in [5.41, 5.74) is 2.32. The van der Waals surface area contributed by atoms with E-state index in [1.54, 1.807) is 18.4 Å². The molecular formula is C28H37N3O3S. The Bertz CT molecular complexity index is 1070. The van der Waals surface area contributed by atoms with Gasteiger partial charge in [-0.1, -0.05) is 0 Å². The summed E-state index contributed by atoms with van der Waals surface area (Å²) in [5, 5.41) is 13.7. The van der Waals surface area contributed by atoms with Crippen molar-refractivity contribution in [2.24, 2.45) is 11.8 Å². The molecule has 0 bridgehead atoms. The molecule has 188 valence electrons. The maximum absolute atomic E-state index is 11.3. The number of carboxylic acids is 1. The number of carbonyl (C=O) groups is 1. The Morgan fingerprint density at radius 1 is 1.11 bits per heavy atom. The van der Waals surface area contributed by atoms with Gasteiger partial charge in [-0.25, -0.2) is 4.98 Å². The second-order valence-corrected chi connectivity index (χ2v) is 10.6. The molecule has 2 atom stereocenters. The Balaban J connectivity index is 1.29. The summed E-state index contributed by atoms with van der Waals surface area (Å²) >= 11 is 1.74. The highest BCUT2D eigenvalue weighted by Crippen LogP contribution is 2.32. The molecule has 3 heterocycles. The molecule has 0 amide bonds. The third-order valence-corrected chi connectivity index (χ3v) is 8.20. The van der Waals surface area contributed by atoms with Gasteiger partial charge in [-0.05, 0) is 106 Å². The summed E-state index contributed by atoms with van der Waals surface area (Å²) in [6, 6.07) is 8.18. The number of hydrogen-bond donors (Lipinski definition) is 1. The monoisotopic (exact) mass is 495 g/mol. The lowest BCUT2D eigenvalue weighted by atomic mass is 9.79. The van der Waals surface area contributed by atoms with Crippen LogP contribution in [0, 0.1) is 11.8 Å². The van der Waals surface area contributed by atoms with Crippen LogP contribution in [0.3, 0.4) is 0 Å². The van der Waals surface area contributed by atoms with E-state index in [-0.39, 0.29) is 6.42 Å². The fourth-order valence-electron chi connectivity index (χ4n) is 5.45. The van der Waals surface area contributed by atoms with Crippen LogP contribution in [0.25, 0.3) is 10.9 Å². The lowest BCUT2D eigenvalue weighted by Crippen LogP contribution is -2.41. The molecule has 2 unspecified atom stereocenters. The first-order chi connectivity index (χ1) is 17.1. The number of thiazole rings is 1. The van der Waals surface area contributed by atoms with Crippen LogP contribution in [0.2, 0.25) is 0 Å². The first-order valence-electron chi connectivity index (χ1n) is 12.9. The van der Waals surface area contributed by atoms with Crippen LogP contribution >= 0.6 is 11.3 Å². The fourth-order valence-corrected chi connectivity index (χ4v) is 6.11. The van der Waals surface area contributed by atoms with Crippen molar-refractivity contribution < 1.29 is 14.6 Å². The van der Waals surface area contributed by atoms with Gasteiger partial charge in [0.2, 0.25) is 0 Å². The van der Waals surface area contributed by atoms with Gasteiger partial charge in [-0.3, -0.25) is 9.78 Å². The van der Waals surface area contributed by atoms with Crippen molar-refractivity contribution >= 4 is 28.2 Å². The van der Waals surface area contributed by atoms with Crippen molar-refractivity contribution in [1.29, 1.82) is 0 Å². The molecule has 4 rings (SSSR count). The molecule has 2 aromatic heterocycles. The molecule has 1 aliphatic rings. The van der Waals surface area contributed by atoms with Gasteiger partial charge in [0.15, 0.2) is 0 Å². The lowest BCUT2D eigenvalue weighted by molar-refractivity contribution is -0.137. The van der Waals surface area contributed by atoms with E-state index < -0.39 is 5.97 Å². The molecule has 0 radical (unpaired) electrons. The zero-order valence-electron chi connectivity index (χ0n) is 20.7. The number of nitrogens with zero attached hydrogens (tertiary/aromatic N) is 3. The largest absolute Gasteiger partial charge is 0.497 e. The average Bonchev–Trinajstić information content (AvgIpc) is 3.39. The summed E-state index contributed by atoms with van der Waals surface area (Å²) in [5.74, 6) is 1.25. The van der Waals surface area contributed by atoms with Gasteiger partial charge < -0.3 is 14.7 Å². The number of pyridine rings is 1. The molecule has 1 fully saturated rings. The van der Waals surface area contributed by atoms with Crippen molar-refractivity contribution in [3.05, 3.63) is 52.6 Å². The number of aromatic nitrogens is 2. The first-order valence-corrected chi connectivity index (χ1v) is 13.7. The molecule has 0 aliphatic carbocycles.